The third-order valence-corrected chi connectivity index (χ3v) is 3.93. The summed E-state index contributed by atoms with van der Waals surface area (Å²) >= 11 is 4.93. The molecule has 2 nitrogen and oxygen atoms in total. The summed E-state index contributed by atoms with van der Waals surface area (Å²) in [5, 5.41) is 0. The van der Waals surface area contributed by atoms with E-state index >= 15 is 0 Å². The zero-order chi connectivity index (χ0) is 12.3. The quantitative estimate of drug-likeness (QED) is 0.857. The summed E-state index contributed by atoms with van der Waals surface area (Å²) in [6.07, 6.45) is -0.113. The van der Waals surface area contributed by atoms with Crippen molar-refractivity contribution in [1.82, 2.24) is 0 Å². The summed E-state index contributed by atoms with van der Waals surface area (Å²) in [6, 6.07) is 4.52. The maximum absolute atomic E-state index is 13.1. The molecule has 2 rings (SSSR count). The van der Waals surface area contributed by atoms with Crippen molar-refractivity contribution in [3.8, 4) is 0 Å². The molecule has 1 aromatic carbocycles. The smallest absolute Gasteiger partial charge is 0.166 e. The summed E-state index contributed by atoms with van der Waals surface area (Å²) in [7, 11) is 0. The molecule has 0 aliphatic carbocycles. The molecule has 0 bridgehead atoms. The van der Waals surface area contributed by atoms with Crippen LogP contribution in [0.1, 0.15) is 5.56 Å². The number of ketones is 1. The molecule has 1 aliphatic heterocycles. The van der Waals surface area contributed by atoms with Crippen molar-refractivity contribution < 1.29 is 13.9 Å². The first kappa shape index (κ1) is 13.1. The second-order valence-corrected chi connectivity index (χ2v) is 5.92. The van der Waals surface area contributed by atoms with Crippen molar-refractivity contribution in [2.24, 2.45) is 0 Å². The standard InChI is InChI=1S/C12H12BrFO2S/c13-9-3-8(4-10(14)6-9)5-11(15)12-7-17-2-1-16-12/h3-4,6,12H,1-2,5,7H2. The fraction of sp³-hybridized carbons (Fsp3) is 0.417. The zero-order valence-electron chi connectivity index (χ0n) is 9.12. The van der Waals surface area contributed by atoms with E-state index in [0.717, 1.165) is 5.75 Å². The average Bonchev–Trinajstić information content (AvgIpc) is 2.28. The fourth-order valence-electron chi connectivity index (χ4n) is 1.70. The number of hydrogen-bond donors (Lipinski definition) is 0. The van der Waals surface area contributed by atoms with E-state index in [9.17, 15) is 9.18 Å². The third kappa shape index (κ3) is 3.79. The summed E-state index contributed by atoms with van der Waals surface area (Å²) in [5.74, 6) is 1.33. The monoisotopic (exact) mass is 318 g/mol. The van der Waals surface area contributed by atoms with Gasteiger partial charge in [-0.3, -0.25) is 4.79 Å². The first-order valence-electron chi connectivity index (χ1n) is 5.32. The van der Waals surface area contributed by atoms with Gasteiger partial charge < -0.3 is 4.74 Å². The number of hydrogen-bond acceptors (Lipinski definition) is 3. The molecule has 1 aromatic rings. The average molecular weight is 319 g/mol. The van der Waals surface area contributed by atoms with Gasteiger partial charge in [0.15, 0.2) is 5.78 Å². The van der Waals surface area contributed by atoms with Gasteiger partial charge in [0.25, 0.3) is 0 Å². The van der Waals surface area contributed by atoms with Crippen molar-refractivity contribution in [3.63, 3.8) is 0 Å². The molecule has 5 heteroatoms. The van der Waals surface area contributed by atoms with Crippen LogP contribution in [0.2, 0.25) is 0 Å². The molecule has 1 saturated heterocycles. The Balaban J connectivity index is 2.01. The van der Waals surface area contributed by atoms with Crippen LogP contribution >= 0.6 is 27.7 Å². The number of rotatable bonds is 3. The van der Waals surface area contributed by atoms with Gasteiger partial charge in [-0.2, -0.15) is 11.8 Å². The molecule has 1 aliphatic rings. The van der Waals surface area contributed by atoms with Gasteiger partial charge in [-0.1, -0.05) is 15.9 Å². The minimum atomic E-state index is -0.337. The van der Waals surface area contributed by atoms with Crippen molar-refractivity contribution >= 4 is 33.5 Å². The molecule has 1 heterocycles. The van der Waals surface area contributed by atoms with E-state index < -0.39 is 0 Å². The molecule has 0 amide bonds. The highest BCUT2D eigenvalue weighted by molar-refractivity contribution is 9.10. The molecule has 0 N–H and O–H groups in total. The highest BCUT2D eigenvalue weighted by atomic mass is 79.9. The van der Waals surface area contributed by atoms with Crippen LogP contribution in [0.3, 0.4) is 0 Å². The van der Waals surface area contributed by atoms with E-state index in [4.69, 9.17) is 4.74 Å². The van der Waals surface area contributed by atoms with Crippen molar-refractivity contribution in [2.45, 2.75) is 12.5 Å². The molecular weight excluding hydrogens is 307 g/mol. The highest BCUT2D eigenvalue weighted by Gasteiger charge is 2.22. The maximum Gasteiger partial charge on any atom is 0.166 e. The van der Waals surface area contributed by atoms with Gasteiger partial charge in [0, 0.05) is 22.4 Å². The van der Waals surface area contributed by atoms with Gasteiger partial charge in [0.2, 0.25) is 0 Å². The van der Waals surface area contributed by atoms with E-state index in [0.29, 0.717) is 22.4 Å². The van der Waals surface area contributed by atoms with Gasteiger partial charge in [-0.25, -0.2) is 4.39 Å². The number of thioether (sulfide) groups is 1. The van der Waals surface area contributed by atoms with Crippen LogP contribution in [0.4, 0.5) is 4.39 Å². The second-order valence-electron chi connectivity index (χ2n) is 3.86. The number of Topliss-reactive ketones (excluding diaryl/α,β-unsaturated/α-hetero) is 1. The minimum absolute atomic E-state index is 0.0229. The van der Waals surface area contributed by atoms with Crippen LogP contribution in [-0.2, 0) is 16.0 Å². The first-order chi connectivity index (χ1) is 8.15. The lowest BCUT2D eigenvalue weighted by atomic mass is 10.1. The Kier molecular flexibility index (Phi) is 4.59. The summed E-state index contributed by atoms with van der Waals surface area (Å²) in [6.45, 7) is 0.619. The van der Waals surface area contributed by atoms with Gasteiger partial charge in [0.05, 0.1) is 6.61 Å². The fourth-order valence-corrected chi connectivity index (χ4v) is 3.09. The van der Waals surface area contributed by atoms with Gasteiger partial charge in [0.1, 0.15) is 11.9 Å². The lowest BCUT2D eigenvalue weighted by Crippen LogP contribution is -2.32. The van der Waals surface area contributed by atoms with E-state index in [1.165, 1.54) is 12.1 Å². The molecule has 0 spiro atoms. The second kappa shape index (κ2) is 5.98. The van der Waals surface area contributed by atoms with Gasteiger partial charge in [-0.15, -0.1) is 0 Å². The lowest BCUT2D eigenvalue weighted by molar-refractivity contribution is -0.128. The largest absolute Gasteiger partial charge is 0.369 e. The lowest BCUT2D eigenvalue weighted by Gasteiger charge is -2.21. The van der Waals surface area contributed by atoms with Crippen molar-refractivity contribution in [3.05, 3.63) is 34.1 Å². The molecule has 17 heavy (non-hydrogen) atoms. The molecule has 0 aromatic heterocycles. The van der Waals surface area contributed by atoms with Gasteiger partial charge >= 0.3 is 0 Å². The molecule has 92 valence electrons. The summed E-state index contributed by atoms with van der Waals surface area (Å²) in [5.41, 5.74) is 0.682. The Labute approximate surface area is 112 Å². The van der Waals surface area contributed by atoms with Crippen molar-refractivity contribution in [2.75, 3.05) is 18.1 Å². The number of carbonyl (C=O) groups excluding carboxylic acids is 1. The molecule has 1 atom stereocenters. The first-order valence-corrected chi connectivity index (χ1v) is 7.27. The normalized spacial score (nSPS) is 20.2. The summed E-state index contributed by atoms with van der Waals surface area (Å²) in [4.78, 5) is 11.9. The predicted octanol–water partition coefficient (Wildman–Crippen LogP) is 2.83. The van der Waals surface area contributed by atoms with Crippen LogP contribution in [0.5, 0.6) is 0 Å². The van der Waals surface area contributed by atoms with E-state index in [1.54, 1.807) is 17.8 Å². The number of halogens is 2. The molecule has 0 radical (unpaired) electrons. The van der Waals surface area contributed by atoms with E-state index in [-0.39, 0.29) is 24.1 Å². The topological polar surface area (TPSA) is 26.3 Å². The van der Waals surface area contributed by atoms with E-state index in [2.05, 4.69) is 15.9 Å². The number of benzene rings is 1. The Morgan fingerprint density at radius 3 is 3.00 bits per heavy atom. The van der Waals surface area contributed by atoms with Crippen LogP contribution < -0.4 is 0 Å². The molecular formula is C12H12BrFO2S. The van der Waals surface area contributed by atoms with Crippen LogP contribution in [0, 0.1) is 5.82 Å². The SMILES string of the molecule is O=C(Cc1cc(F)cc(Br)c1)C1CSCCO1. The van der Waals surface area contributed by atoms with Crippen LogP contribution in [-0.4, -0.2) is 30.0 Å². The Morgan fingerprint density at radius 2 is 2.35 bits per heavy atom. The summed E-state index contributed by atoms with van der Waals surface area (Å²) < 4.78 is 19.2. The molecule has 1 fully saturated rings. The van der Waals surface area contributed by atoms with Crippen molar-refractivity contribution in [1.29, 1.82) is 0 Å². The third-order valence-electron chi connectivity index (χ3n) is 2.48. The van der Waals surface area contributed by atoms with Gasteiger partial charge in [-0.05, 0) is 23.8 Å². The Bertz CT molecular complexity index is 399. The maximum atomic E-state index is 13.1. The minimum Gasteiger partial charge on any atom is -0.369 e. The van der Waals surface area contributed by atoms with Crippen LogP contribution in [0.15, 0.2) is 22.7 Å². The van der Waals surface area contributed by atoms with Crippen LogP contribution in [0.25, 0.3) is 0 Å². The van der Waals surface area contributed by atoms with E-state index in [1.807, 2.05) is 0 Å². The Morgan fingerprint density at radius 1 is 1.53 bits per heavy atom. The number of carbonyl (C=O) groups is 1. The number of ether oxygens (including phenoxy) is 1. The molecule has 1 unspecified atom stereocenters. The zero-order valence-corrected chi connectivity index (χ0v) is 11.5. The Hall–Kier alpha value is -0.390. The molecule has 0 saturated carbocycles. The predicted molar refractivity (Wildman–Crippen MR) is 69.9 cm³/mol. The highest BCUT2D eigenvalue weighted by Crippen LogP contribution is 2.18.